The monoisotopic (exact) mass is 877 g/mol. The third kappa shape index (κ3) is 46.4. The summed E-state index contributed by atoms with van der Waals surface area (Å²) < 4.78 is 16.9. The Balaban J connectivity index is 4.30. The largest absolute Gasteiger partial charge is 0.462 e. The molecule has 0 amide bonds. The van der Waals surface area contributed by atoms with Crippen LogP contribution in [-0.2, 0) is 28.6 Å². The highest BCUT2D eigenvalue weighted by atomic mass is 16.6. The summed E-state index contributed by atoms with van der Waals surface area (Å²) in [5.41, 5.74) is 0. The first-order valence-electron chi connectivity index (χ1n) is 27.7. The average molecular weight is 877 g/mol. The summed E-state index contributed by atoms with van der Waals surface area (Å²) in [4.78, 5) is 38.0. The van der Waals surface area contributed by atoms with Crippen molar-refractivity contribution >= 4 is 17.9 Å². The molecule has 0 aliphatic rings. The van der Waals surface area contributed by atoms with Crippen molar-refractivity contribution in [1.29, 1.82) is 0 Å². The maximum absolute atomic E-state index is 12.8. The SMILES string of the molecule is CCC(C)CCCCCCCCCCCCC(=O)O[C@H](COC(=O)CCCCCCCCCCCCCCCCCC(C)C)COC(=O)CCCCCCCCCCC(C)CC. The van der Waals surface area contributed by atoms with E-state index in [0.717, 1.165) is 75.5 Å². The van der Waals surface area contributed by atoms with Crippen molar-refractivity contribution in [2.24, 2.45) is 17.8 Å². The summed E-state index contributed by atoms with van der Waals surface area (Å²) in [6.07, 6.45) is 47.9. The van der Waals surface area contributed by atoms with Crippen LogP contribution < -0.4 is 0 Å². The maximum atomic E-state index is 12.8. The summed E-state index contributed by atoms with van der Waals surface area (Å²) in [6.45, 7) is 13.8. The number of unbranched alkanes of at least 4 members (excludes halogenated alkanes) is 30. The number of carbonyl (C=O) groups excluding carboxylic acids is 3. The molecule has 3 atom stereocenters. The maximum Gasteiger partial charge on any atom is 0.306 e. The molecule has 0 aromatic heterocycles. The first-order valence-corrected chi connectivity index (χ1v) is 27.7. The summed E-state index contributed by atoms with van der Waals surface area (Å²) in [6, 6.07) is 0. The Kier molecular flexibility index (Phi) is 46.2. The van der Waals surface area contributed by atoms with Crippen LogP contribution in [0.15, 0.2) is 0 Å². The molecule has 0 aliphatic carbocycles. The Morgan fingerprint density at radius 1 is 0.323 bits per heavy atom. The molecule has 0 fully saturated rings. The standard InChI is InChI=1S/C56H108O6/c1-7-51(5)43-37-31-25-19-16-17-21-29-35-41-47-56(59)62-53(49-61-55(58)46-40-34-28-23-22-26-32-38-44-52(6)8-2)48-60-54(57)45-39-33-27-20-15-13-11-9-10-12-14-18-24-30-36-42-50(3)4/h50-53H,7-49H2,1-6H3/t51?,52?,53-/m1/s1. The van der Waals surface area contributed by atoms with Crippen LogP contribution in [0.25, 0.3) is 0 Å². The zero-order valence-electron chi connectivity index (χ0n) is 42.7. The molecule has 0 heterocycles. The number of ether oxygens (including phenoxy) is 3. The van der Waals surface area contributed by atoms with Crippen LogP contribution >= 0.6 is 0 Å². The van der Waals surface area contributed by atoms with Crippen LogP contribution in [0.3, 0.4) is 0 Å². The highest BCUT2D eigenvalue weighted by Crippen LogP contribution is 2.19. The molecule has 0 spiro atoms. The Bertz CT molecular complexity index is 964. The first kappa shape index (κ1) is 60.4. The minimum Gasteiger partial charge on any atom is -0.462 e. The van der Waals surface area contributed by atoms with E-state index in [2.05, 4.69) is 41.5 Å². The fraction of sp³-hybridized carbons (Fsp3) is 0.946. The first-order chi connectivity index (χ1) is 30.2. The number of esters is 3. The topological polar surface area (TPSA) is 78.9 Å². The Morgan fingerprint density at radius 2 is 0.565 bits per heavy atom. The van der Waals surface area contributed by atoms with E-state index >= 15 is 0 Å². The smallest absolute Gasteiger partial charge is 0.306 e. The Morgan fingerprint density at radius 3 is 0.839 bits per heavy atom. The van der Waals surface area contributed by atoms with Gasteiger partial charge in [0.15, 0.2) is 6.10 Å². The van der Waals surface area contributed by atoms with Crippen LogP contribution in [-0.4, -0.2) is 37.2 Å². The van der Waals surface area contributed by atoms with Crippen molar-refractivity contribution in [3.8, 4) is 0 Å². The molecule has 2 unspecified atom stereocenters. The van der Waals surface area contributed by atoms with E-state index in [4.69, 9.17) is 14.2 Å². The lowest BCUT2D eigenvalue weighted by molar-refractivity contribution is -0.167. The van der Waals surface area contributed by atoms with E-state index < -0.39 is 6.10 Å². The van der Waals surface area contributed by atoms with Crippen molar-refractivity contribution in [2.45, 2.75) is 311 Å². The van der Waals surface area contributed by atoms with Gasteiger partial charge in [-0.3, -0.25) is 14.4 Å². The van der Waals surface area contributed by atoms with Gasteiger partial charge in [-0.05, 0) is 37.0 Å². The van der Waals surface area contributed by atoms with Gasteiger partial charge in [0.05, 0.1) is 0 Å². The second-order valence-corrected chi connectivity index (χ2v) is 20.2. The van der Waals surface area contributed by atoms with E-state index in [1.165, 1.54) is 186 Å². The third-order valence-corrected chi connectivity index (χ3v) is 13.4. The van der Waals surface area contributed by atoms with Gasteiger partial charge in [0.2, 0.25) is 0 Å². The summed E-state index contributed by atoms with van der Waals surface area (Å²) in [7, 11) is 0. The van der Waals surface area contributed by atoms with Crippen molar-refractivity contribution in [3.63, 3.8) is 0 Å². The number of hydrogen-bond donors (Lipinski definition) is 0. The molecule has 0 aromatic rings. The lowest BCUT2D eigenvalue weighted by Crippen LogP contribution is -2.30. The normalized spacial score (nSPS) is 13.0. The summed E-state index contributed by atoms with van der Waals surface area (Å²) in [5.74, 6) is 1.71. The molecule has 0 saturated carbocycles. The van der Waals surface area contributed by atoms with Gasteiger partial charge in [-0.2, -0.15) is 0 Å². The molecule has 0 aromatic carbocycles. The molecule has 0 radical (unpaired) electrons. The van der Waals surface area contributed by atoms with Crippen molar-refractivity contribution < 1.29 is 28.6 Å². The molecule has 0 rings (SSSR count). The zero-order valence-corrected chi connectivity index (χ0v) is 42.7. The van der Waals surface area contributed by atoms with Gasteiger partial charge in [0.1, 0.15) is 13.2 Å². The van der Waals surface area contributed by atoms with Crippen LogP contribution in [0.1, 0.15) is 305 Å². The van der Waals surface area contributed by atoms with Crippen LogP contribution in [0.2, 0.25) is 0 Å². The van der Waals surface area contributed by atoms with Gasteiger partial charge in [0, 0.05) is 19.3 Å². The van der Waals surface area contributed by atoms with Gasteiger partial charge < -0.3 is 14.2 Å². The van der Waals surface area contributed by atoms with Gasteiger partial charge in [-0.25, -0.2) is 0 Å². The number of carbonyl (C=O) groups is 3. The van der Waals surface area contributed by atoms with Crippen LogP contribution in [0, 0.1) is 17.8 Å². The molecule has 6 heteroatoms. The molecule has 0 saturated heterocycles. The highest BCUT2D eigenvalue weighted by molar-refractivity contribution is 5.71. The molecular weight excluding hydrogens is 769 g/mol. The second kappa shape index (κ2) is 47.4. The highest BCUT2D eigenvalue weighted by Gasteiger charge is 2.19. The second-order valence-electron chi connectivity index (χ2n) is 20.2. The minimum atomic E-state index is -0.763. The molecule has 62 heavy (non-hydrogen) atoms. The third-order valence-electron chi connectivity index (χ3n) is 13.4. The predicted octanol–water partition coefficient (Wildman–Crippen LogP) is 17.9. The fourth-order valence-corrected chi connectivity index (χ4v) is 8.40. The lowest BCUT2D eigenvalue weighted by Gasteiger charge is -2.18. The summed E-state index contributed by atoms with van der Waals surface area (Å²) in [5, 5.41) is 0. The van der Waals surface area contributed by atoms with Gasteiger partial charge in [-0.1, -0.05) is 266 Å². The summed E-state index contributed by atoms with van der Waals surface area (Å²) >= 11 is 0. The average Bonchev–Trinajstić information content (AvgIpc) is 3.26. The van der Waals surface area contributed by atoms with Crippen molar-refractivity contribution in [2.75, 3.05) is 13.2 Å². The Labute approximate surface area is 387 Å². The number of rotatable bonds is 49. The van der Waals surface area contributed by atoms with Crippen LogP contribution in [0.5, 0.6) is 0 Å². The molecule has 368 valence electrons. The fourth-order valence-electron chi connectivity index (χ4n) is 8.40. The van der Waals surface area contributed by atoms with Crippen molar-refractivity contribution in [3.05, 3.63) is 0 Å². The van der Waals surface area contributed by atoms with Gasteiger partial charge in [-0.15, -0.1) is 0 Å². The van der Waals surface area contributed by atoms with E-state index in [0.29, 0.717) is 19.3 Å². The molecular formula is C56H108O6. The Hall–Kier alpha value is -1.59. The van der Waals surface area contributed by atoms with E-state index in [-0.39, 0.29) is 31.1 Å². The van der Waals surface area contributed by atoms with E-state index in [1.807, 2.05) is 0 Å². The molecule has 0 aliphatic heterocycles. The molecule has 0 bridgehead atoms. The molecule has 6 nitrogen and oxygen atoms in total. The van der Waals surface area contributed by atoms with E-state index in [1.54, 1.807) is 0 Å². The number of hydrogen-bond acceptors (Lipinski definition) is 6. The van der Waals surface area contributed by atoms with Crippen molar-refractivity contribution in [1.82, 2.24) is 0 Å². The molecule has 0 N–H and O–H groups in total. The zero-order chi connectivity index (χ0) is 45.6. The van der Waals surface area contributed by atoms with Gasteiger partial charge >= 0.3 is 17.9 Å². The lowest BCUT2D eigenvalue weighted by atomic mass is 9.99. The van der Waals surface area contributed by atoms with Crippen LogP contribution in [0.4, 0.5) is 0 Å². The quantitative estimate of drug-likeness (QED) is 0.0344. The predicted molar refractivity (Wildman–Crippen MR) is 266 cm³/mol. The van der Waals surface area contributed by atoms with E-state index in [9.17, 15) is 14.4 Å². The van der Waals surface area contributed by atoms with Gasteiger partial charge in [0.25, 0.3) is 0 Å². The minimum absolute atomic E-state index is 0.0643.